The predicted molar refractivity (Wildman–Crippen MR) is 48.7 cm³/mol. The van der Waals surface area contributed by atoms with Gasteiger partial charge in [-0.05, 0) is 26.8 Å². The number of nitrogens with zero attached hydrogens (tertiary/aromatic N) is 2. The van der Waals surface area contributed by atoms with Gasteiger partial charge < -0.3 is 0 Å². The lowest BCUT2D eigenvalue weighted by molar-refractivity contribution is 0.634. The van der Waals surface area contributed by atoms with Crippen LogP contribution in [0.15, 0.2) is 6.07 Å². The van der Waals surface area contributed by atoms with E-state index in [1.165, 1.54) is 5.69 Å². The molecule has 0 amide bonds. The van der Waals surface area contributed by atoms with Crippen LogP contribution in [0.3, 0.4) is 0 Å². The highest BCUT2D eigenvalue weighted by Gasteiger charge is 1.95. The number of rotatable bonds is 1. The molecule has 0 aliphatic rings. The second-order valence-electron chi connectivity index (χ2n) is 2.24. The Morgan fingerprint density at radius 2 is 1.91 bits per heavy atom. The quantitative estimate of drug-likeness (QED) is 0.608. The lowest BCUT2D eigenvalue weighted by atomic mass is 10.4. The molecule has 2 nitrogen and oxygen atoms in total. The Kier molecular flexibility index (Phi) is 4.59. The van der Waals surface area contributed by atoms with Crippen LogP contribution in [0.2, 0.25) is 0 Å². The molecule has 1 aromatic rings. The van der Waals surface area contributed by atoms with E-state index >= 15 is 0 Å². The molecule has 0 fully saturated rings. The van der Waals surface area contributed by atoms with Gasteiger partial charge in [-0.25, -0.2) is 0 Å². The van der Waals surface area contributed by atoms with Crippen molar-refractivity contribution in [3.63, 3.8) is 0 Å². The van der Waals surface area contributed by atoms with E-state index in [9.17, 15) is 0 Å². The van der Waals surface area contributed by atoms with E-state index in [0.29, 0.717) is 0 Å². The van der Waals surface area contributed by atoms with Crippen LogP contribution < -0.4 is 0 Å². The molecule has 0 N–H and O–H groups in total. The van der Waals surface area contributed by atoms with Crippen LogP contribution in [-0.2, 0) is 6.54 Å². The van der Waals surface area contributed by atoms with Crippen molar-refractivity contribution in [2.75, 3.05) is 0 Å². The third kappa shape index (κ3) is 2.74. The average Bonchev–Trinajstić information content (AvgIpc) is 2.33. The first-order valence-corrected chi connectivity index (χ1v) is 4.25. The zero-order valence-corrected chi connectivity index (χ0v) is 8.18. The molecule has 0 atom stereocenters. The standard InChI is InChI=1S/C7H12N2.C2H6/c1-4-9-7(3)5-6(2)8-9;1-2/h5H,4H2,1-3H3;1-2H3. The zero-order valence-electron chi connectivity index (χ0n) is 8.18. The predicted octanol–water partition coefficient (Wildman–Crippen LogP) is 2.55. The fourth-order valence-corrected chi connectivity index (χ4v) is 0.995. The van der Waals surface area contributed by atoms with E-state index in [-0.39, 0.29) is 0 Å². The molecule has 0 saturated carbocycles. The van der Waals surface area contributed by atoms with Gasteiger partial charge in [-0.15, -0.1) is 0 Å². The molecule has 0 spiro atoms. The number of aryl methyl sites for hydroxylation is 3. The van der Waals surface area contributed by atoms with Crippen LogP contribution in [-0.4, -0.2) is 9.78 Å². The first kappa shape index (κ1) is 10.2. The van der Waals surface area contributed by atoms with Crippen LogP contribution in [0.1, 0.15) is 32.2 Å². The van der Waals surface area contributed by atoms with Crippen molar-refractivity contribution in [2.24, 2.45) is 0 Å². The van der Waals surface area contributed by atoms with Gasteiger partial charge in [-0.1, -0.05) is 13.8 Å². The summed E-state index contributed by atoms with van der Waals surface area (Å²) in [6.45, 7) is 11.2. The van der Waals surface area contributed by atoms with Gasteiger partial charge in [0.1, 0.15) is 0 Å². The summed E-state index contributed by atoms with van der Waals surface area (Å²) < 4.78 is 2.00. The van der Waals surface area contributed by atoms with Crippen molar-refractivity contribution in [3.8, 4) is 0 Å². The maximum atomic E-state index is 4.25. The topological polar surface area (TPSA) is 17.8 Å². The molecule has 1 heterocycles. The van der Waals surface area contributed by atoms with Crippen molar-refractivity contribution in [1.82, 2.24) is 9.78 Å². The lowest BCUT2D eigenvalue weighted by Crippen LogP contribution is -1.97. The van der Waals surface area contributed by atoms with E-state index in [1.54, 1.807) is 0 Å². The Hall–Kier alpha value is -0.790. The van der Waals surface area contributed by atoms with Crippen molar-refractivity contribution < 1.29 is 0 Å². The van der Waals surface area contributed by atoms with E-state index < -0.39 is 0 Å². The summed E-state index contributed by atoms with van der Waals surface area (Å²) in [6, 6.07) is 2.09. The van der Waals surface area contributed by atoms with Crippen molar-refractivity contribution in [3.05, 3.63) is 17.5 Å². The Morgan fingerprint density at radius 3 is 2.09 bits per heavy atom. The zero-order chi connectivity index (χ0) is 8.85. The number of hydrogen-bond acceptors (Lipinski definition) is 1. The Bertz CT molecular complexity index is 201. The highest BCUT2D eigenvalue weighted by molar-refractivity contribution is 5.06. The third-order valence-corrected chi connectivity index (χ3v) is 1.40. The fourth-order valence-electron chi connectivity index (χ4n) is 0.995. The molecule has 0 aliphatic heterocycles. The minimum atomic E-state index is 0.972. The molecule has 0 aromatic carbocycles. The molecule has 0 unspecified atom stereocenters. The molecule has 0 saturated heterocycles. The largest absolute Gasteiger partial charge is 0.270 e. The number of aromatic nitrogens is 2. The molecule has 11 heavy (non-hydrogen) atoms. The van der Waals surface area contributed by atoms with Crippen LogP contribution in [0.25, 0.3) is 0 Å². The van der Waals surface area contributed by atoms with Gasteiger partial charge >= 0.3 is 0 Å². The highest BCUT2D eigenvalue weighted by Crippen LogP contribution is 1.99. The van der Waals surface area contributed by atoms with Gasteiger partial charge in [0.25, 0.3) is 0 Å². The molecule has 1 aromatic heterocycles. The molecule has 1 rings (SSSR count). The van der Waals surface area contributed by atoms with E-state index in [1.807, 2.05) is 25.5 Å². The van der Waals surface area contributed by atoms with Gasteiger partial charge in [0.15, 0.2) is 0 Å². The second-order valence-corrected chi connectivity index (χ2v) is 2.24. The fraction of sp³-hybridized carbons (Fsp3) is 0.667. The van der Waals surface area contributed by atoms with Gasteiger partial charge in [0.05, 0.1) is 5.69 Å². The monoisotopic (exact) mass is 154 g/mol. The summed E-state index contributed by atoms with van der Waals surface area (Å²) >= 11 is 0. The highest BCUT2D eigenvalue weighted by atomic mass is 15.3. The summed E-state index contributed by atoms with van der Waals surface area (Å²) in [7, 11) is 0. The van der Waals surface area contributed by atoms with Crippen molar-refractivity contribution >= 4 is 0 Å². The van der Waals surface area contributed by atoms with Gasteiger partial charge in [-0.3, -0.25) is 4.68 Å². The second kappa shape index (κ2) is 4.94. The van der Waals surface area contributed by atoms with Crippen LogP contribution in [0.4, 0.5) is 0 Å². The molecule has 0 aliphatic carbocycles. The maximum Gasteiger partial charge on any atom is 0.0596 e. The van der Waals surface area contributed by atoms with Crippen LogP contribution in [0.5, 0.6) is 0 Å². The van der Waals surface area contributed by atoms with Crippen molar-refractivity contribution in [1.29, 1.82) is 0 Å². The minimum absolute atomic E-state index is 0.972. The van der Waals surface area contributed by atoms with Crippen LogP contribution >= 0.6 is 0 Å². The molecule has 2 heteroatoms. The Balaban J connectivity index is 0.000000461. The minimum Gasteiger partial charge on any atom is -0.270 e. The summed E-state index contributed by atoms with van der Waals surface area (Å²) in [4.78, 5) is 0. The van der Waals surface area contributed by atoms with Gasteiger partial charge in [0, 0.05) is 12.2 Å². The lowest BCUT2D eigenvalue weighted by Gasteiger charge is -1.95. The number of hydrogen-bond donors (Lipinski definition) is 0. The normalized spacial score (nSPS) is 8.82. The summed E-state index contributed by atoms with van der Waals surface area (Å²) in [6.07, 6.45) is 0. The molecule has 0 radical (unpaired) electrons. The maximum absolute atomic E-state index is 4.25. The summed E-state index contributed by atoms with van der Waals surface area (Å²) in [5.74, 6) is 0. The molecular formula is C9H18N2. The van der Waals surface area contributed by atoms with Crippen LogP contribution in [0, 0.1) is 13.8 Å². The van der Waals surface area contributed by atoms with Gasteiger partial charge in [-0.2, -0.15) is 5.10 Å². The molecule has 64 valence electrons. The van der Waals surface area contributed by atoms with Crippen molar-refractivity contribution in [2.45, 2.75) is 41.2 Å². The summed E-state index contributed by atoms with van der Waals surface area (Å²) in [5, 5.41) is 4.25. The van der Waals surface area contributed by atoms with E-state index in [0.717, 1.165) is 12.2 Å². The molecular weight excluding hydrogens is 136 g/mol. The first-order valence-electron chi connectivity index (χ1n) is 4.25. The third-order valence-electron chi connectivity index (χ3n) is 1.40. The SMILES string of the molecule is CC.CCn1nc(C)cc1C. The Morgan fingerprint density at radius 1 is 1.36 bits per heavy atom. The Labute approximate surface area is 69.2 Å². The first-order chi connectivity index (χ1) is 5.24. The smallest absolute Gasteiger partial charge is 0.0596 e. The van der Waals surface area contributed by atoms with E-state index in [2.05, 4.69) is 25.0 Å². The van der Waals surface area contributed by atoms with E-state index in [4.69, 9.17) is 0 Å². The molecule has 0 bridgehead atoms. The summed E-state index contributed by atoms with van der Waals surface area (Å²) in [5.41, 5.74) is 2.35. The average molecular weight is 154 g/mol. The van der Waals surface area contributed by atoms with Gasteiger partial charge in [0.2, 0.25) is 0 Å².